The van der Waals surface area contributed by atoms with Crippen molar-refractivity contribution >= 4 is 11.7 Å². The number of carbonyl (C=O) groups excluding carboxylic acids is 1. The van der Waals surface area contributed by atoms with E-state index in [0.717, 1.165) is 11.4 Å². The Morgan fingerprint density at radius 1 is 1.21 bits per heavy atom. The van der Waals surface area contributed by atoms with Crippen LogP contribution < -0.4 is 5.32 Å². The van der Waals surface area contributed by atoms with Crippen molar-refractivity contribution in [2.75, 3.05) is 5.32 Å². The maximum Gasteiger partial charge on any atom is 0.233 e. The van der Waals surface area contributed by atoms with Gasteiger partial charge in [-0.05, 0) is 18.9 Å². The molecule has 0 saturated carbocycles. The Bertz CT molecular complexity index is 828. The summed E-state index contributed by atoms with van der Waals surface area (Å²) in [6, 6.07) is 11.5. The van der Waals surface area contributed by atoms with Crippen molar-refractivity contribution in [2.45, 2.75) is 26.2 Å². The lowest BCUT2D eigenvalue weighted by molar-refractivity contribution is -0.117. The third-order valence-corrected chi connectivity index (χ3v) is 3.90. The van der Waals surface area contributed by atoms with Crippen LogP contribution in [-0.4, -0.2) is 25.4 Å². The van der Waals surface area contributed by atoms with Gasteiger partial charge in [0.25, 0.3) is 0 Å². The van der Waals surface area contributed by atoms with Crippen molar-refractivity contribution in [1.82, 2.24) is 19.5 Å². The predicted molar refractivity (Wildman–Crippen MR) is 92.0 cm³/mol. The van der Waals surface area contributed by atoms with Crippen LogP contribution in [0, 0.1) is 6.92 Å². The topological polar surface area (TPSA) is 72.7 Å². The van der Waals surface area contributed by atoms with Gasteiger partial charge in [0.1, 0.15) is 23.8 Å². The third-order valence-electron chi connectivity index (χ3n) is 3.90. The molecule has 0 fully saturated rings. The molecule has 0 saturated heterocycles. The summed E-state index contributed by atoms with van der Waals surface area (Å²) >= 11 is 0. The van der Waals surface area contributed by atoms with Crippen molar-refractivity contribution in [3.8, 4) is 5.82 Å². The highest BCUT2D eigenvalue weighted by Gasteiger charge is 2.19. The zero-order valence-electron chi connectivity index (χ0n) is 13.7. The maximum absolute atomic E-state index is 12.6. The van der Waals surface area contributed by atoms with Gasteiger partial charge >= 0.3 is 0 Å². The third kappa shape index (κ3) is 3.32. The second-order valence-electron chi connectivity index (χ2n) is 5.47. The first-order valence-corrected chi connectivity index (χ1v) is 7.87. The quantitative estimate of drug-likeness (QED) is 0.783. The molecule has 1 amide bonds. The van der Waals surface area contributed by atoms with Crippen LogP contribution in [0.3, 0.4) is 0 Å². The summed E-state index contributed by atoms with van der Waals surface area (Å²) in [7, 11) is 0. The van der Waals surface area contributed by atoms with E-state index in [0.29, 0.717) is 18.1 Å². The molecule has 24 heavy (non-hydrogen) atoms. The molecule has 6 heteroatoms. The highest BCUT2D eigenvalue weighted by atomic mass is 16.1. The molecular formula is C18H19N5O. The van der Waals surface area contributed by atoms with Gasteiger partial charge in [0.15, 0.2) is 0 Å². The molecule has 0 aliphatic rings. The van der Waals surface area contributed by atoms with Crippen molar-refractivity contribution in [3.63, 3.8) is 0 Å². The molecule has 2 aromatic heterocycles. The number of imidazole rings is 1. The number of hydrogen-bond donors (Lipinski definition) is 1. The normalized spacial score (nSPS) is 11.9. The van der Waals surface area contributed by atoms with Crippen LogP contribution in [0.1, 0.15) is 30.7 Å². The lowest BCUT2D eigenvalue weighted by Crippen LogP contribution is -2.21. The van der Waals surface area contributed by atoms with Gasteiger partial charge in [-0.2, -0.15) is 0 Å². The summed E-state index contributed by atoms with van der Waals surface area (Å²) in [5.74, 6) is 1.69. The van der Waals surface area contributed by atoms with Gasteiger partial charge < -0.3 is 5.32 Å². The molecule has 0 aliphatic heterocycles. The number of aromatic nitrogens is 4. The van der Waals surface area contributed by atoms with Gasteiger partial charge in [-0.15, -0.1) is 0 Å². The van der Waals surface area contributed by atoms with E-state index in [1.165, 1.54) is 6.33 Å². The van der Waals surface area contributed by atoms with E-state index < -0.39 is 0 Å². The summed E-state index contributed by atoms with van der Waals surface area (Å²) in [6.45, 7) is 3.89. The fourth-order valence-electron chi connectivity index (χ4n) is 2.64. The van der Waals surface area contributed by atoms with Crippen LogP contribution in [0.4, 0.5) is 5.82 Å². The van der Waals surface area contributed by atoms with E-state index in [1.54, 1.807) is 12.3 Å². The van der Waals surface area contributed by atoms with Crippen molar-refractivity contribution in [2.24, 2.45) is 0 Å². The van der Waals surface area contributed by atoms with Crippen LogP contribution in [-0.2, 0) is 4.79 Å². The molecule has 1 atom stereocenters. The van der Waals surface area contributed by atoms with Gasteiger partial charge in [0.05, 0.1) is 5.92 Å². The van der Waals surface area contributed by atoms with Crippen molar-refractivity contribution < 1.29 is 4.79 Å². The predicted octanol–water partition coefficient (Wildman–Crippen LogP) is 3.10. The lowest BCUT2D eigenvalue weighted by atomic mass is 9.96. The summed E-state index contributed by atoms with van der Waals surface area (Å²) in [4.78, 5) is 25.2. The number of hydrogen-bond acceptors (Lipinski definition) is 4. The van der Waals surface area contributed by atoms with Gasteiger partial charge in [0.2, 0.25) is 5.91 Å². The maximum atomic E-state index is 12.6. The average molecular weight is 321 g/mol. The summed E-state index contributed by atoms with van der Waals surface area (Å²) in [5, 5.41) is 2.89. The lowest BCUT2D eigenvalue weighted by Gasteiger charge is -2.15. The molecule has 1 aromatic carbocycles. The number of benzene rings is 1. The zero-order chi connectivity index (χ0) is 16.9. The van der Waals surface area contributed by atoms with E-state index >= 15 is 0 Å². The minimum atomic E-state index is -0.209. The smallest absolute Gasteiger partial charge is 0.233 e. The Balaban J connectivity index is 1.81. The SMILES string of the molecule is CCC(C(=O)Nc1cc(-n2ccnc2C)ncn1)c1ccccc1. The molecule has 0 bridgehead atoms. The van der Waals surface area contributed by atoms with Crippen LogP contribution in [0.15, 0.2) is 55.1 Å². The molecule has 0 radical (unpaired) electrons. The van der Waals surface area contributed by atoms with E-state index in [4.69, 9.17) is 0 Å². The number of amides is 1. The number of rotatable bonds is 5. The molecule has 3 aromatic rings. The number of anilines is 1. The minimum Gasteiger partial charge on any atom is -0.310 e. The van der Waals surface area contributed by atoms with Crippen molar-refractivity contribution in [1.29, 1.82) is 0 Å². The number of aryl methyl sites for hydroxylation is 1. The summed E-state index contributed by atoms with van der Waals surface area (Å²) in [6.07, 6.45) is 5.68. The second-order valence-corrected chi connectivity index (χ2v) is 5.47. The molecule has 0 spiro atoms. The van der Waals surface area contributed by atoms with Gasteiger partial charge in [-0.1, -0.05) is 37.3 Å². The first kappa shape index (κ1) is 15.9. The Morgan fingerprint density at radius 3 is 2.67 bits per heavy atom. The molecular weight excluding hydrogens is 302 g/mol. The van der Waals surface area contributed by atoms with Crippen LogP contribution in [0.2, 0.25) is 0 Å². The number of carbonyl (C=O) groups is 1. The molecule has 2 heterocycles. The Morgan fingerprint density at radius 2 is 2.00 bits per heavy atom. The number of nitrogens with one attached hydrogen (secondary N) is 1. The summed E-state index contributed by atoms with van der Waals surface area (Å²) < 4.78 is 1.84. The molecule has 1 unspecified atom stereocenters. The Labute approximate surface area is 140 Å². The van der Waals surface area contributed by atoms with Gasteiger partial charge in [-0.3, -0.25) is 9.36 Å². The Hall–Kier alpha value is -3.02. The highest BCUT2D eigenvalue weighted by molar-refractivity contribution is 5.95. The molecule has 1 N–H and O–H groups in total. The Kier molecular flexibility index (Phi) is 4.65. The first-order valence-electron chi connectivity index (χ1n) is 7.87. The second kappa shape index (κ2) is 7.04. The van der Waals surface area contributed by atoms with E-state index in [-0.39, 0.29) is 11.8 Å². The molecule has 3 rings (SSSR count). The zero-order valence-corrected chi connectivity index (χ0v) is 13.7. The number of nitrogens with zero attached hydrogens (tertiary/aromatic N) is 4. The average Bonchev–Trinajstić information content (AvgIpc) is 3.03. The van der Waals surface area contributed by atoms with E-state index in [9.17, 15) is 4.79 Å². The minimum absolute atomic E-state index is 0.0734. The van der Waals surface area contributed by atoms with Crippen LogP contribution in [0.5, 0.6) is 0 Å². The fourth-order valence-corrected chi connectivity index (χ4v) is 2.64. The van der Waals surface area contributed by atoms with Gasteiger partial charge in [0, 0.05) is 18.5 Å². The van der Waals surface area contributed by atoms with E-state index in [2.05, 4.69) is 20.3 Å². The fraction of sp³-hybridized carbons (Fsp3) is 0.222. The van der Waals surface area contributed by atoms with E-state index in [1.807, 2.05) is 54.9 Å². The summed E-state index contributed by atoms with van der Waals surface area (Å²) in [5.41, 5.74) is 0.997. The van der Waals surface area contributed by atoms with Crippen LogP contribution in [0.25, 0.3) is 5.82 Å². The molecule has 0 aliphatic carbocycles. The van der Waals surface area contributed by atoms with Gasteiger partial charge in [-0.25, -0.2) is 15.0 Å². The van der Waals surface area contributed by atoms with Crippen molar-refractivity contribution in [3.05, 3.63) is 66.5 Å². The standard InChI is InChI=1S/C18H19N5O/c1-3-15(14-7-5-4-6-8-14)18(24)22-16-11-17(21-12-20-16)23-10-9-19-13(23)2/h4-12,15H,3H2,1-2H3,(H,20,21,22,24). The van der Waals surface area contributed by atoms with Crippen LogP contribution >= 0.6 is 0 Å². The molecule has 6 nitrogen and oxygen atoms in total. The largest absolute Gasteiger partial charge is 0.310 e. The highest BCUT2D eigenvalue weighted by Crippen LogP contribution is 2.21. The first-order chi connectivity index (χ1) is 11.7. The molecule has 122 valence electrons. The monoisotopic (exact) mass is 321 g/mol.